The lowest BCUT2D eigenvalue weighted by Crippen LogP contribution is -2.36. The van der Waals surface area contributed by atoms with Crippen molar-refractivity contribution in [2.45, 2.75) is 141 Å². The summed E-state index contributed by atoms with van der Waals surface area (Å²) in [6.07, 6.45) is 4.65. The molecule has 1 aromatic heterocycles. The van der Waals surface area contributed by atoms with Crippen LogP contribution in [-0.2, 0) is 32.5 Å². The standard InChI is InChI=1S/C64H67ClN2S/c1-59(2)30-32-61(5,6)52-37-41(24-27-47(52)59)66(42-25-28-48-53(38-42)62(7,8)33-31-60(48,3)4)44-34-40(65)35-45(36-44)67(55-21-17-23-57-58(55)46-18-13-16-22-56(46)68-57)43-26-29-51-54(39-43)64(11,12)50-20-15-14-19-49(50)63(51,9)10/h13-29,34-39H,30-33H2,1-12H3. The highest BCUT2D eigenvalue weighted by atomic mass is 35.5. The van der Waals surface area contributed by atoms with Gasteiger partial charge in [-0.2, -0.15) is 0 Å². The van der Waals surface area contributed by atoms with E-state index in [1.807, 2.05) is 11.3 Å². The molecule has 0 fully saturated rings. The van der Waals surface area contributed by atoms with Crippen LogP contribution in [0.1, 0.15) is 153 Å². The minimum absolute atomic E-state index is 0.0436. The topological polar surface area (TPSA) is 6.48 Å². The number of hydrogen-bond donors (Lipinski definition) is 0. The molecule has 3 aliphatic rings. The third-order valence-corrected chi connectivity index (χ3v) is 18.4. The number of hydrogen-bond acceptors (Lipinski definition) is 3. The molecule has 0 radical (unpaired) electrons. The predicted octanol–water partition coefficient (Wildman–Crippen LogP) is 19.3. The fraction of sp³-hybridized carbons (Fsp3) is 0.344. The summed E-state index contributed by atoms with van der Waals surface area (Å²) in [7, 11) is 0. The van der Waals surface area contributed by atoms with E-state index in [1.54, 1.807) is 0 Å². The lowest BCUT2D eigenvalue weighted by Gasteiger charge is -2.44. The molecule has 11 rings (SSSR count). The molecule has 346 valence electrons. The Kier molecular flexibility index (Phi) is 10.2. The summed E-state index contributed by atoms with van der Waals surface area (Å²) in [6, 6.07) is 53.4. The van der Waals surface area contributed by atoms with E-state index in [2.05, 4.69) is 232 Å². The van der Waals surface area contributed by atoms with Gasteiger partial charge in [0, 0.05) is 64.5 Å². The van der Waals surface area contributed by atoms with Gasteiger partial charge in [0.1, 0.15) is 0 Å². The van der Waals surface area contributed by atoms with Gasteiger partial charge in [-0.05, 0) is 165 Å². The van der Waals surface area contributed by atoms with E-state index >= 15 is 0 Å². The van der Waals surface area contributed by atoms with Crippen molar-refractivity contribution in [1.82, 2.24) is 0 Å². The molecule has 0 amide bonds. The van der Waals surface area contributed by atoms with E-state index in [0.717, 1.165) is 47.0 Å². The van der Waals surface area contributed by atoms with E-state index in [1.165, 1.54) is 77.5 Å². The van der Waals surface area contributed by atoms with Gasteiger partial charge in [0.2, 0.25) is 0 Å². The molecule has 8 aromatic rings. The Morgan fingerprint density at radius 2 is 0.794 bits per heavy atom. The lowest BCUT2D eigenvalue weighted by atomic mass is 9.60. The number of benzene rings is 7. The normalized spacial score (nSPS) is 18.8. The molecule has 1 heterocycles. The van der Waals surface area contributed by atoms with Crippen LogP contribution in [0.25, 0.3) is 20.2 Å². The van der Waals surface area contributed by atoms with Crippen molar-refractivity contribution >= 4 is 77.2 Å². The van der Waals surface area contributed by atoms with Crippen LogP contribution in [0.2, 0.25) is 5.02 Å². The molecule has 68 heavy (non-hydrogen) atoms. The van der Waals surface area contributed by atoms with Gasteiger partial charge < -0.3 is 9.80 Å². The molecule has 4 heteroatoms. The highest BCUT2D eigenvalue weighted by Crippen LogP contribution is 2.55. The fourth-order valence-corrected chi connectivity index (χ4v) is 14.0. The maximum absolute atomic E-state index is 7.58. The molecule has 0 bridgehead atoms. The van der Waals surface area contributed by atoms with E-state index < -0.39 is 0 Å². The van der Waals surface area contributed by atoms with E-state index in [-0.39, 0.29) is 32.5 Å². The van der Waals surface area contributed by atoms with Gasteiger partial charge in [-0.3, -0.25) is 0 Å². The Bertz CT molecular complexity index is 3260. The zero-order valence-corrected chi connectivity index (χ0v) is 43.9. The van der Waals surface area contributed by atoms with E-state index in [0.29, 0.717) is 5.02 Å². The minimum atomic E-state index is -0.218. The summed E-state index contributed by atoms with van der Waals surface area (Å²) >= 11 is 9.44. The van der Waals surface area contributed by atoms with Gasteiger partial charge in [-0.25, -0.2) is 0 Å². The van der Waals surface area contributed by atoms with E-state index in [9.17, 15) is 0 Å². The third kappa shape index (κ3) is 6.99. The first-order chi connectivity index (χ1) is 32.1. The Hall–Kier alpha value is -5.35. The van der Waals surface area contributed by atoms with Crippen molar-refractivity contribution < 1.29 is 0 Å². The second-order valence-electron chi connectivity index (χ2n) is 24.1. The number of fused-ring (bicyclic) bond motifs is 7. The van der Waals surface area contributed by atoms with Crippen molar-refractivity contribution in [3.8, 4) is 0 Å². The largest absolute Gasteiger partial charge is 0.310 e. The summed E-state index contributed by atoms with van der Waals surface area (Å²) in [5.41, 5.74) is 17.9. The lowest BCUT2D eigenvalue weighted by molar-refractivity contribution is 0.332. The van der Waals surface area contributed by atoms with Crippen molar-refractivity contribution in [3.63, 3.8) is 0 Å². The molecular weight excluding hydrogens is 864 g/mol. The summed E-state index contributed by atoms with van der Waals surface area (Å²) in [6.45, 7) is 29.0. The molecule has 0 saturated carbocycles. The first-order valence-corrected chi connectivity index (χ1v) is 26.1. The summed E-state index contributed by atoms with van der Waals surface area (Å²) in [4.78, 5) is 5.00. The number of rotatable bonds is 6. The van der Waals surface area contributed by atoms with Crippen molar-refractivity contribution in [2.24, 2.45) is 0 Å². The van der Waals surface area contributed by atoms with Crippen LogP contribution in [0.5, 0.6) is 0 Å². The maximum Gasteiger partial charge on any atom is 0.0554 e. The quantitative estimate of drug-likeness (QED) is 0.164. The summed E-state index contributed by atoms with van der Waals surface area (Å²) in [5.74, 6) is 0. The minimum Gasteiger partial charge on any atom is -0.310 e. The zero-order valence-electron chi connectivity index (χ0n) is 42.3. The zero-order chi connectivity index (χ0) is 47.9. The van der Waals surface area contributed by atoms with Gasteiger partial charge in [0.25, 0.3) is 0 Å². The number of halogens is 1. The second kappa shape index (κ2) is 15.3. The van der Waals surface area contributed by atoms with Crippen molar-refractivity contribution in [1.29, 1.82) is 0 Å². The van der Waals surface area contributed by atoms with E-state index in [4.69, 9.17) is 11.6 Å². The van der Waals surface area contributed by atoms with Gasteiger partial charge in [0.05, 0.1) is 5.69 Å². The third-order valence-electron chi connectivity index (χ3n) is 17.1. The molecule has 0 unspecified atom stereocenters. The van der Waals surface area contributed by atoms with Gasteiger partial charge >= 0.3 is 0 Å². The maximum atomic E-state index is 7.58. The van der Waals surface area contributed by atoms with Crippen LogP contribution in [-0.4, -0.2) is 0 Å². The first-order valence-electron chi connectivity index (χ1n) is 24.9. The van der Waals surface area contributed by atoms with Crippen LogP contribution in [0.15, 0.2) is 140 Å². The number of nitrogens with zero attached hydrogens (tertiary/aromatic N) is 2. The summed E-state index contributed by atoms with van der Waals surface area (Å²) in [5, 5.41) is 3.22. The number of anilines is 6. The highest BCUT2D eigenvalue weighted by molar-refractivity contribution is 7.26. The molecule has 7 aromatic carbocycles. The van der Waals surface area contributed by atoms with Crippen LogP contribution in [0.4, 0.5) is 34.1 Å². The fourth-order valence-electron chi connectivity index (χ4n) is 12.7. The molecule has 0 saturated heterocycles. The molecule has 0 atom stereocenters. The molecule has 2 nitrogen and oxygen atoms in total. The smallest absolute Gasteiger partial charge is 0.0554 e. The molecule has 0 aliphatic heterocycles. The molecule has 0 spiro atoms. The van der Waals surface area contributed by atoms with Gasteiger partial charge in [-0.1, -0.05) is 161 Å². The van der Waals surface area contributed by atoms with Crippen LogP contribution in [0.3, 0.4) is 0 Å². The summed E-state index contributed by atoms with van der Waals surface area (Å²) < 4.78 is 2.56. The average Bonchev–Trinajstić information content (AvgIpc) is 3.69. The van der Waals surface area contributed by atoms with Gasteiger partial charge in [0.15, 0.2) is 0 Å². The molecular formula is C64H67ClN2S. The second-order valence-corrected chi connectivity index (χ2v) is 25.6. The first kappa shape index (κ1) is 45.1. The Morgan fingerprint density at radius 1 is 0.368 bits per heavy atom. The SMILES string of the molecule is CC1(C)CCC(C)(C)c2cc(N(c3cc(Cl)cc(N(c4ccc5c(c4)C(C)(C)c4ccccc4C5(C)C)c4cccc5sc6ccccc6c45)c3)c3ccc4c(c3)C(C)(C)CCC4(C)C)ccc21. The predicted molar refractivity (Wildman–Crippen MR) is 295 cm³/mol. The number of thiophene rings is 1. The Labute approximate surface area is 415 Å². The Balaban J connectivity index is 1.18. The van der Waals surface area contributed by atoms with Gasteiger partial charge in [-0.15, -0.1) is 11.3 Å². The highest BCUT2D eigenvalue weighted by Gasteiger charge is 2.43. The average molecular weight is 932 g/mol. The molecule has 3 aliphatic carbocycles. The van der Waals surface area contributed by atoms with Crippen LogP contribution < -0.4 is 9.80 Å². The monoisotopic (exact) mass is 930 g/mol. The Morgan fingerprint density at radius 3 is 1.37 bits per heavy atom. The van der Waals surface area contributed by atoms with Crippen molar-refractivity contribution in [2.75, 3.05) is 9.80 Å². The molecule has 0 N–H and O–H groups in total. The van der Waals surface area contributed by atoms with Crippen LogP contribution >= 0.6 is 22.9 Å². The van der Waals surface area contributed by atoms with Crippen molar-refractivity contribution in [3.05, 3.63) is 189 Å². The van der Waals surface area contributed by atoms with Crippen LogP contribution in [0, 0.1) is 0 Å².